The molecule has 1 aliphatic heterocycles. The van der Waals surface area contributed by atoms with Gasteiger partial charge in [0.25, 0.3) is 0 Å². The van der Waals surface area contributed by atoms with Crippen LogP contribution in [0.2, 0.25) is 0 Å². The summed E-state index contributed by atoms with van der Waals surface area (Å²) >= 11 is 2.32. The highest BCUT2D eigenvalue weighted by Crippen LogP contribution is 2.52. The van der Waals surface area contributed by atoms with Gasteiger partial charge in [0.1, 0.15) is 10.6 Å². The summed E-state index contributed by atoms with van der Waals surface area (Å²) in [5.41, 5.74) is 9.62. The van der Waals surface area contributed by atoms with Gasteiger partial charge in [-0.1, -0.05) is 24.3 Å². The number of aromatic nitrogens is 2. The van der Waals surface area contributed by atoms with Crippen molar-refractivity contribution in [2.24, 2.45) is 5.41 Å². The first-order chi connectivity index (χ1) is 14.1. The van der Waals surface area contributed by atoms with E-state index < -0.39 is 11.4 Å². The van der Waals surface area contributed by atoms with Gasteiger partial charge in [0, 0.05) is 29.9 Å². The zero-order chi connectivity index (χ0) is 21.7. The molecule has 30 heavy (non-hydrogen) atoms. The van der Waals surface area contributed by atoms with E-state index in [-0.39, 0.29) is 16.2 Å². The summed E-state index contributed by atoms with van der Waals surface area (Å²) in [6.45, 7) is 9.70. The number of nitrogens with two attached hydrogens (primary N) is 1. The van der Waals surface area contributed by atoms with Crippen molar-refractivity contribution in [2.75, 3.05) is 23.7 Å². The Morgan fingerprint density at radius 2 is 1.90 bits per heavy atom. The molecule has 8 heteroatoms. The Labute approximate surface area is 190 Å². The second-order valence-electron chi connectivity index (χ2n) is 9.47. The first kappa shape index (κ1) is 21.9. The SMILES string of the molecule is Cc1nc(N2CCC3(CC2)Cc2ccccc2[C@H]3N[S+]([O-])C(C)(C)C)nc(N)c1Br. The van der Waals surface area contributed by atoms with Crippen molar-refractivity contribution in [2.45, 2.75) is 57.7 Å². The molecular weight excluding hydrogens is 462 g/mol. The minimum atomic E-state index is -1.13. The summed E-state index contributed by atoms with van der Waals surface area (Å²) in [5, 5.41) is 0. The van der Waals surface area contributed by atoms with E-state index in [1.54, 1.807) is 0 Å². The van der Waals surface area contributed by atoms with Crippen LogP contribution >= 0.6 is 15.9 Å². The molecule has 3 N–H and O–H groups in total. The van der Waals surface area contributed by atoms with E-state index in [9.17, 15) is 4.55 Å². The minimum absolute atomic E-state index is 0.0526. The minimum Gasteiger partial charge on any atom is -0.598 e. The molecule has 4 rings (SSSR count). The smallest absolute Gasteiger partial charge is 0.227 e. The number of anilines is 2. The third-order valence-corrected chi connectivity index (χ3v) is 8.92. The number of rotatable bonds is 3. The summed E-state index contributed by atoms with van der Waals surface area (Å²) in [7, 11) is 0. The number of nitrogens with zero attached hydrogens (tertiary/aromatic N) is 3. The molecule has 1 fully saturated rings. The Bertz CT molecular complexity index is 916. The Morgan fingerprint density at radius 1 is 1.23 bits per heavy atom. The molecule has 0 radical (unpaired) electrons. The number of fused-ring (bicyclic) bond motifs is 1. The fraction of sp³-hybridized carbons (Fsp3) is 0.545. The molecule has 1 spiro atoms. The molecule has 6 nitrogen and oxygen atoms in total. The molecule has 1 aromatic heterocycles. The molecule has 0 saturated carbocycles. The van der Waals surface area contributed by atoms with Crippen LogP contribution in [0.4, 0.5) is 11.8 Å². The van der Waals surface area contributed by atoms with E-state index in [1.165, 1.54) is 11.1 Å². The normalized spacial score (nSPS) is 21.7. The Morgan fingerprint density at radius 3 is 2.53 bits per heavy atom. The summed E-state index contributed by atoms with van der Waals surface area (Å²) in [6.07, 6.45) is 2.98. The highest BCUT2D eigenvalue weighted by molar-refractivity contribution is 9.10. The maximum atomic E-state index is 13.0. The lowest BCUT2D eigenvalue weighted by molar-refractivity contribution is 0.175. The zero-order valence-electron chi connectivity index (χ0n) is 18.0. The number of hydrogen-bond donors (Lipinski definition) is 2. The van der Waals surface area contributed by atoms with Crippen molar-refractivity contribution in [1.82, 2.24) is 14.7 Å². The molecule has 1 saturated heterocycles. The van der Waals surface area contributed by atoms with E-state index >= 15 is 0 Å². The van der Waals surface area contributed by atoms with E-state index in [1.807, 2.05) is 27.7 Å². The van der Waals surface area contributed by atoms with Crippen molar-refractivity contribution in [3.63, 3.8) is 0 Å². The van der Waals surface area contributed by atoms with Crippen LogP contribution in [-0.2, 0) is 17.8 Å². The summed E-state index contributed by atoms with van der Waals surface area (Å²) in [4.78, 5) is 11.4. The lowest BCUT2D eigenvalue weighted by Gasteiger charge is -2.44. The molecule has 1 unspecified atom stereocenters. The largest absolute Gasteiger partial charge is 0.598 e. The van der Waals surface area contributed by atoms with Crippen LogP contribution in [-0.4, -0.2) is 32.4 Å². The Balaban J connectivity index is 1.58. The standard InChI is InChI=1S/C22H30BrN5OS/c1-14-17(23)19(24)26-20(25-14)28-11-9-22(10-12-28)13-15-7-5-6-8-16(15)18(22)27-30(29)21(2,3)4/h5-8,18,27H,9-13H2,1-4H3,(H2,24,25,26)/t18-,30?/m1/s1. The second-order valence-corrected chi connectivity index (χ2v) is 12.3. The van der Waals surface area contributed by atoms with Crippen LogP contribution in [0.5, 0.6) is 0 Å². The molecule has 1 aromatic carbocycles. The number of benzene rings is 1. The van der Waals surface area contributed by atoms with Gasteiger partial charge in [0.2, 0.25) is 5.95 Å². The molecule has 0 bridgehead atoms. The van der Waals surface area contributed by atoms with Crippen molar-refractivity contribution in [1.29, 1.82) is 0 Å². The van der Waals surface area contributed by atoms with Gasteiger partial charge in [-0.3, -0.25) is 0 Å². The highest BCUT2D eigenvalue weighted by Gasteiger charge is 2.50. The number of nitrogen functional groups attached to an aromatic ring is 1. The van der Waals surface area contributed by atoms with Gasteiger partial charge in [-0.05, 0) is 74.0 Å². The lowest BCUT2D eigenvalue weighted by atomic mass is 9.73. The second kappa shape index (κ2) is 7.97. The molecule has 2 aliphatic rings. The summed E-state index contributed by atoms with van der Waals surface area (Å²) in [6, 6.07) is 8.69. The van der Waals surface area contributed by atoms with Crippen LogP contribution in [0.3, 0.4) is 0 Å². The predicted octanol–water partition coefficient (Wildman–Crippen LogP) is 4.07. The van der Waals surface area contributed by atoms with E-state index in [4.69, 9.17) is 5.73 Å². The van der Waals surface area contributed by atoms with Crippen LogP contribution in [0.25, 0.3) is 0 Å². The van der Waals surface area contributed by atoms with Gasteiger partial charge in [-0.25, -0.2) is 4.98 Å². The number of halogens is 1. The van der Waals surface area contributed by atoms with Crippen molar-refractivity contribution in [3.8, 4) is 0 Å². The molecule has 2 heterocycles. The number of nitrogens with one attached hydrogen (secondary N) is 1. The monoisotopic (exact) mass is 491 g/mol. The molecule has 2 atom stereocenters. The third kappa shape index (κ3) is 3.95. The van der Waals surface area contributed by atoms with Crippen LogP contribution in [0.15, 0.2) is 28.7 Å². The van der Waals surface area contributed by atoms with Crippen LogP contribution in [0, 0.1) is 12.3 Å². The zero-order valence-corrected chi connectivity index (χ0v) is 20.4. The highest BCUT2D eigenvalue weighted by atomic mass is 79.9. The van der Waals surface area contributed by atoms with Crippen LogP contribution < -0.4 is 15.4 Å². The average molecular weight is 492 g/mol. The van der Waals surface area contributed by atoms with Crippen molar-refractivity contribution < 1.29 is 4.55 Å². The topological polar surface area (TPSA) is 90.1 Å². The van der Waals surface area contributed by atoms with Gasteiger partial charge in [0.05, 0.1) is 16.2 Å². The fourth-order valence-electron chi connectivity index (χ4n) is 4.59. The number of piperidine rings is 1. The van der Waals surface area contributed by atoms with Crippen molar-refractivity contribution in [3.05, 3.63) is 45.6 Å². The van der Waals surface area contributed by atoms with Gasteiger partial charge >= 0.3 is 0 Å². The van der Waals surface area contributed by atoms with Gasteiger partial charge in [-0.15, -0.1) is 4.72 Å². The maximum Gasteiger partial charge on any atom is 0.227 e. The molecule has 0 amide bonds. The van der Waals surface area contributed by atoms with E-state index in [0.717, 1.165) is 42.5 Å². The summed E-state index contributed by atoms with van der Waals surface area (Å²) in [5.74, 6) is 1.17. The maximum absolute atomic E-state index is 13.0. The first-order valence-corrected chi connectivity index (χ1v) is 12.4. The molecule has 1 aliphatic carbocycles. The Hall–Kier alpha value is -1.35. The van der Waals surface area contributed by atoms with E-state index in [0.29, 0.717) is 11.8 Å². The third-order valence-electron chi connectivity index (χ3n) is 6.37. The van der Waals surface area contributed by atoms with Crippen molar-refractivity contribution >= 4 is 39.1 Å². The number of hydrogen-bond acceptors (Lipinski definition) is 6. The van der Waals surface area contributed by atoms with Gasteiger partial charge in [-0.2, -0.15) is 4.98 Å². The fourth-order valence-corrected chi connectivity index (χ4v) is 5.71. The van der Waals surface area contributed by atoms with Gasteiger partial charge in [0.15, 0.2) is 0 Å². The summed E-state index contributed by atoms with van der Waals surface area (Å²) < 4.78 is 17.0. The quantitative estimate of drug-likeness (QED) is 0.628. The molecule has 2 aromatic rings. The first-order valence-electron chi connectivity index (χ1n) is 10.4. The number of aryl methyl sites for hydroxylation is 1. The van der Waals surface area contributed by atoms with Crippen LogP contribution in [0.1, 0.15) is 56.5 Å². The van der Waals surface area contributed by atoms with E-state index in [2.05, 4.69) is 59.8 Å². The Kier molecular flexibility index (Phi) is 5.81. The predicted molar refractivity (Wildman–Crippen MR) is 127 cm³/mol. The average Bonchev–Trinajstić information content (AvgIpc) is 2.98. The molecular formula is C22H30BrN5OS. The lowest BCUT2D eigenvalue weighted by Crippen LogP contribution is -2.50. The van der Waals surface area contributed by atoms with Gasteiger partial charge < -0.3 is 15.2 Å². The molecule has 162 valence electrons.